The molecule has 1 aromatic heterocycles. The van der Waals surface area contributed by atoms with Crippen molar-refractivity contribution in [3.8, 4) is 0 Å². The largest absolute Gasteiger partial charge is 0.459 e. The highest BCUT2D eigenvalue weighted by Gasteiger charge is 2.24. The van der Waals surface area contributed by atoms with Gasteiger partial charge in [0, 0.05) is 7.05 Å². The first-order valence-electron chi connectivity index (χ1n) is 6.31. The molecule has 0 aliphatic carbocycles. The van der Waals surface area contributed by atoms with Crippen molar-refractivity contribution in [1.29, 1.82) is 0 Å². The summed E-state index contributed by atoms with van der Waals surface area (Å²) in [5.41, 5.74) is -0.206. The number of carbonyl (C=O) groups excluding carboxylic acids is 1. The topological polar surface area (TPSA) is 69.4 Å². The maximum Gasteiger partial charge on any atom is 0.345 e. The fourth-order valence-electron chi connectivity index (χ4n) is 1.91. The van der Waals surface area contributed by atoms with Crippen LogP contribution in [0, 0.1) is 0 Å². The highest BCUT2D eigenvalue weighted by molar-refractivity contribution is 5.71. The molecule has 1 aromatic rings. The van der Waals surface area contributed by atoms with Gasteiger partial charge < -0.3 is 4.74 Å². The van der Waals surface area contributed by atoms with Gasteiger partial charge in [0.2, 0.25) is 0 Å². The van der Waals surface area contributed by atoms with Gasteiger partial charge in [-0.3, -0.25) is 14.3 Å². The van der Waals surface area contributed by atoms with Gasteiger partial charge in [-0.2, -0.15) is 5.10 Å². The Balaban J connectivity index is 2.78. The summed E-state index contributed by atoms with van der Waals surface area (Å²) in [5.74, 6) is -0.306. The van der Waals surface area contributed by atoms with Crippen molar-refractivity contribution in [3.05, 3.63) is 16.8 Å². The Morgan fingerprint density at radius 1 is 1.53 bits per heavy atom. The van der Waals surface area contributed by atoms with Crippen LogP contribution in [0.4, 0.5) is 0 Å². The third kappa shape index (κ3) is 3.92. The number of hydrogen-bond donors (Lipinski definition) is 0. The quantitative estimate of drug-likeness (QED) is 0.682. The maximum absolute atomic E-state index is 11.9. The molecule has 2 atom stereocenters. The third-order valence-corrected chi connectivity index (χ3v) is 2.88. The molecule has 0 aliphatic rings. The Kier molecular flexibility index (Phi) is 5.29. The van der Waals surface area contributed by atoms with Gasteiger partial charge in [-0.25, -0.2) is 9.48 Å². The van der Waals surface area contributed by atoms with Crippen LogP contribution in [-0.2, 0) is 16.6 Å². The molecule has 0 unspecified atom stereocenters. The molecule has 0 amide bonds. The van der Waals surface area contributed by atoms with Crippen molar-refractivity contribution in [2.75, 3.05) is 20.6 Å². The SMILES string of the molecule is CC[C@@H]([C@H](C)OC(=O)CN(C)C)n1ncn(C)c1=O. The first kappa shape index (κ1) is 15.4. The van der Waals surface area contributed by atoms with Gasteiger partial charge in [0.25, 0.3) is 0 Å². The molecule has 1 heterocycles. The summed E-state index contributed by atoms with van der Waals surface area (Å²) in [7, 11) is 5.24. The van der Waals surface area contributed by atoms with Crippen LogP contribution in [0.5, 0.6) is 0 Å². The van der Waals surface area contributed by atoms with Crippen LogP contribution in [0.1, 0.15) is 26.3 Å². The number of likely N-dealkylation sites (N-methyl/N-ethyl adjacent to an activating group) is 1. The monoisotopic (exact) mass is 270 g/mol. The summed E-state index contributed by atoms with van der Waals surface area (Å²) in [6.45, 7) is 3.93. The Morgan fingerprint density at radius 2 is 2.16 bits per heavy atom. The molecule has 19 heavy (non-hydrogen) atoms. The van der Waals surface area contributed by atoms with Crippen LogP contribution in [0.2, 0.25) is 0 Å². The molecule has 0 saturated carbocycles. The van der Waals surface area contributed by atoms with Crippen molar-refractivity contribution in [2.24, 2.45) is 7.05 Å². The second-order valence-corrected chi connectivity index (χ2v) is 4.88. The van der Waals surface area contributed by atoms with E-state index in [9.17, 15) is 9.59 Å². The van der Waals surface area contributed by atoms with E-state index in [4.69, 9.17) is 4.74 Å². The second kappa shape index (κ2) is 6.51. The lowest BCUT2D eigenvalue weighted by molar-refractivity contribution is -0.151. The summed E-state index contributed by atoms with van der Waals surface area (Å²) in [5, 5.41) is 4.04. The standard InChI is InChI=1S/C12H22N4O3/c1-6-10(16-12(18)15(5)8-13-16)9(2)19-11(17)7-14(3)4/h8-10H,6-7H2,1-5H3/t9-,10-/m0/s1. The van der Waals surface area contributed by atoms with Crippen LogP contribution >= 0.6 is 0 Å². The van der Waals surface area contributed by atoms with Crippen molar-refractivity contribution in [1.82, 2.24) is 19.2 Å². The molecule has 0 spiro atoms. The average molecular weight is 270 g/mol. The minimum Gasteiger partial charge on any atom is -0.459 e. The van der Waals surface area contributed by atoms with Gasteiger partial charge >= 0.3 is 11.7 Å². The molecule has 0 aromatic carbocycles. The molecule has 7 heteroatoms. The van der Waals surface area contributed by atoms with Crippen LogP contribution < -0.4 is 5.69 Å². The van der Waals surface area contributed by atoms with Crippen LogP contribution in [0.25, 0.3) is 0 Å². The van der Waals surface area contributed by atoms with Crippen LogP contribution in [0.3, 0.4) is 0 Å². The molecule has 7 nitrogen and oxygen atoms in total. The summed E-state index contributed by atoms with van der Waals surface area (Å²) in [6, 6.07) is -0.250. The molecule has 0 bridgehead atoms. The summed E-state index contributed by atoms with van der Waals surface area (Å²) < 4.78 is 8.11. The molecule has 0 saturated heterocycles. The highest BCUT2D eigenvalue weighted by atomic mass is 16.5. The van der Waals surface area contributed by atoms with Gasteiger partial charge in [-0.05, 0) is 27.4 Å². The number of esters is 1. The lowest BCUT2D eigenvalue weighted by Gasteiger charge is -2.23. The van der Waals surface area contributed by atoms with E-state index in [1.165, 1.54) is 15.6 Å². The van der Waals surface area contributed by atoms with Gasteiger partial charge in [-0.15, -0.1) is 0 Å². The van der Waals surface area contributed by atoms with E-state index in [0.29, 0.717) is 6.42 Å². The van der Waals surface area contributed by atoms with E-state index in [1.54, 1.807) is 33.0 Å². The zero-order valence-corrected chi connectivity index (χ0v) is 12.2. The molecule has 108 valence electrons. The lowest BCUT2D eigenvalue weighted by Crippen LogP contribution is -2.36. The Morgan fingerprint density at radius 3 is 2.58 bits per heavy atom. The van der Waals surface area contributed by atoms with Crippen molar-refractivity contribution < 1.29 is 9.53 Å². The number of ether oxygens (including phenoxy) is 1. The normalized spacial score (nSPS) is 14.4. The van der Waals surface area contributed by atoms with Gasteiger partial charge in [0.05, 0.1) is 12.6 Å². The smallest absolute Gasteiger partial charge is 0.345 e. The highest BCUT2D eigenvalue weighted by Crippen LogP contribution is 2.16. The molecular formula is C12H22N4O3. The van der Waals surface area contributed by atoms with E-state index in [0.717, 1.165) is 0 Å². The molecule has 1 rings (SSSR count). The second-order valence-electron chi connectivity index (χ2n) is 4.88. The zero-order chi connectivity index (χ0) is 14.6. The number of carbonyl (C=O) groups is 1. The van der Waals surface area contributed by atoms with Crippen molar-refractivity contribution in [2.45, 2.75) is 32.4 Å². The lowest BCUT2D eigenvalue weighted by atomic mass is 10.1. The Hall–Kier alpha value is -1.63. The molecular weight excluding hydrogens is 248 g/mol. The molecule has 0 aliphatic heterocycles. The third-order valence-electron chi connectivity index (χ3n) is 2.88. The number of aromatic nitrogens is 3. The van der Waals surface area contributed by atoms with E-state index >= 15 is 0 Å². The minimum absolute atomic E-state index is 0.206. The maximum atomic E-state index is 11.9. The van der Waals surface area contributed by atoms with Crippen LogP contribution in [-0.4, -0.2) is 52.0 Å². The minimum atomic E-state index is -0.398. The van der Waals surface area contributed by atoms with Crippen molar-refractivity contribution in [3.63, 3.8) is 0 Å². The molecule has 0 fully saturated rings. The number of hydrogen-bond acceptors (Lipinski definition) is 5. The van der Waals surface area contributed by atoms with Crippen LogP contribution in [0.15, 0.2) is 11.1 Å². The van der Waals surface area contributed by atoms with E-state index in [2.05, 4.69) is 5.10 Å². The summed E-state index contributed by atoms with van der Waals surface area (Å²) >= 11 is 0. The average Bonchev–Trinajstić information content (AvgIpc) is 2.61. The van der Waals surface area contributed by atoms with Gasteiger partial charge in [0.15, 0.2) is 0 Å². The van der Waals surface area contributed by atoms with E-state index in [1.807, 2.05) is 6.92 Å². The fourth-order valence-corrected chi connectivity index (χ4v) is 1.91. The number of aryl methyl sites for hydroxylation is 1. The molecule has 0 N–H and O–H groups in total. The number of rotatable bonds is 6. The van der Waals surface area contributed by atoms with Gasteiger partial charge in [-0.1, -0.05) is 6.92 Å². The zero-order valence-electron chi connectivity index (χ0n) is 12.2. The van der Waals surface area contributed by atoms with E-state index < -0.39 is 6.10 Å². The van der Waals surface area contributed by atoms with Crippen molar-refractivity contribution >= 4 is 5.97 Å². The molecule has 0 radical (unpaired) electrons. The predicted molar refractivity (Wildman–Crippen MR) is 70.9 cm³/mol. The van der Waals surface area contributed by atoms with Gasteiger partial charge in [0.1, 0.15) is 12.4 Å². The number of nitrogens with zero attached hydrogens (tertiary/aromatic N) is 4. The first-order chi connectivity index (χ1) is 8.86. The van der Waals surface area contributed by atoms with E-state index in [-0.39, 0.29) is 24.2 Å². The first-order valence-corrected chi connectivity index (χ1v) is 6.31. The summed E-state index contributed by atoms with van der Waals surface area (Å²) in [4.78, 5) is 25.2. The Labute approximate surface area is 112 Å². The predicted octanol–water partition coefficient (Wildman–Crippen LogP) is 0.0262. The fraction of sp³-hybridized carbons (Fsp3) is 0.750. The Bertz CT molecular complexity index is 478. The summed E-state index contributed by atoms with van der Waals surface area (Å²) in [6.07, 6.45) is 1.72.